The van der Waals surface area contributed by atoms with E-state index in [1.807, 2.05) is 0 Å². The molecule has 1 N–H and O–H groups in total. The lowest BCUT2D eigenvalue weighted by molar-refractivity contribution is -0.141. The molecule has 1 amide bonds. The molecule has 0 aromatic heterocycles. The lowest BCUT2D eigenvalue weighted by Gasteiger charge is -2.07. The summed E-state index contributed by atoms with van der Waals surface area (Å²) >= 11 is 0. The smallest absolute Gasteiger partial charge is 0.325 e. The highest BCUT2D eigenvalue weighted by Crippen LogP contribution is 2.18. The first-order valence-electron chi connectivity index (χ1n) is 7.82. The van der Waals surface area contributed by atoms with Gasteiger partial charge in [-0.1, -0.05) is 0 Å². The van der Waals surface area contributed by atoms with Crippen molar-refractivity contribution in [1.82, 2.24) is 5.32 Å². The Morgan fingerprint density at radius 2 is 1.59 bits per heavy atom. The van der Waals surface area contributed by atoms with Gasteiger partial charge in [0.25, 0.3) is 5.91 Å². The van der Waals surface area contributed by atoms with Crippen LogP contribution in [0.1, 0.15) is 15.9 Å². The number of hydrogen-bond acceptors (Lipinski definition) is 7. The van der Waals surface area contributed by atoms with Gasteiger partial charge in [-0.05, 0) is 48.5 Å². The Morgan fingerprint density at radius 1 is 1.00 bits per heavy atom. The van der Waals surface area contributed by atoms with Gasteiger partial charge in [0.1, 0.15) is 12.3 Å². The number of aliphatic imine (C=N–C) groups is 1. The quantitative estimate of drug-likeness (QED) is 0.328. The number of benzene rings is 2. The number of carbonyl (C=O) groups excluding carboxylic acids is 4. The summed E-state index contributed by atoms with van der Waals surface area (Å²) in [5.41, 5.74) is 1.29. The monoisotopic (exact) mass is 368 g/mol. The second kappa shape index (κ2) is 9.65. The van der Waals surface area contributed by atoms with E-state index in [1.165, 1.54) is 13.2 Å². The van der Waals surface area contributed by atoms with Gasteiger partial charge in [-0.2, -0.15) is 4.99 Å². The molecule has 2 aromatic rings. The number of methoxy groups -OCH3 is 1. The van der Waals surface area contributed by atoms with Gasteiger partial charge < -0.3 is 14.8 Å². The zero-order valence-corrected chi connectivity index (χ0v) is 14.4. The summed E-state index contributed by atoms with van der Waals surface area (Å²) in [6, 6.07) is 12.5. The maximum Gasteiger partial charge on any atom is 0.325 e. The van der Waals surface area contributed by atoms with Crippen molar-refractivity contribution in [1.29, 1.82) is 0 Å². The van der Waals surface area contributed by atoms with Crippen molar-refractivity contribution in [2.24, 2.45) is 4.99 Å². The molecule has 0 heterocycles. The predicted molar refractivity (Wildman–Crippen MR) is 94.6 cm³/mol. The highest BCUT2D eigenvalue weighted by Gasteiger charge is 2.10. The third-order valence-electron chi connectivity index (χ3n) is 3.45. The average molecular weight is 368 g/mol. The fraction of sp³-hybridized carbons (Fsp3) is 0.158. The minimum absolute atomic E-state index is 0.209. The van der Waals surface area contributed by atoms with Gasteiger partial charge in [-0.15, -0.1) is 0 Å². The number of nitrogens with zero attached hydrogens (tertiary/aromatic N) is 1. The van der Waals surface area contributed by atoms with Gasteiger partial charge in [0, 0.05) is 11.1 Å². The van der Waals surface area contributed by atoms with Crippen LogP contribution in [0.2, 0.25) is 0 Å². The summed E-state index contributed by atoms with van der Waals surface area (Å²) in [6.07, 6.45) is 1.43. The molecule has 0 saturated carbocycles. The van der Waals surface area contributed by atoms with Crippen molar-refractivity contribution in [3.8, 4) is 5.75 Å². The summed E-state index contributed by atoms with van der Waals surface area (Å²) in [5.74, 6) is -0.842. The molecule has 27 heavy (non-hydrogen) atoms. The van der Waals surface area contributed by atoms with Crippen molar-refractivity contribution < 1.29 is 28.7 Å². The van der Waals surface area contributed by atoms with Crippen LogP contribution in [0, 0.1) is 0 Å². The lowest BCUT2D eigenvalue weighted by atomic mass is 10.0. The third-order valence-corrected chi connectivity index (χ3v) is 3.45. The minimum Gasteiger partial charge on any atom is -0.484 e. The first-order chi connectivity index (χ1) is 13.0. The number of carbonyl (C=O) groups is 3. The van der Waals surface area contributed by atoms with Crippen molar-refractivity contribution in [3.63, 3.8) is 0 Å². The van der Waals surface area contributed by atoms with Crippen LogP contribution in [-0.2, 0) is 19.1 Å². The molecule has 2 rings (SSSR count). The van der Waals surface area contributed by atoms with Crippen LogP contribution in [0.3, 0.4) is 0 Å². The Kier molecular flexibility index (Phi) is 6.99. The zero-order valence-electron chi connectivity index (χ0n) is 14.4. The van der Waals surface area contributed by atoms with Crippen LogP contribution in [0.15, 0.2) is 53.5 Å². The first kappa shape index (κ1) is 19.6. The van der Waals surface area contributed by atoms with E-state index in [2.05, 4.69) is 15.0 Å². The summed E-state index contributed by atoms with van der Waals surface area (Å²) in [7, 11) is 1.22. The molecule has 0 saturated heterocycles. The van der Waals surface area contributed by atoms with E-state index in [-0.39, 0.29) is 18.9 Å². The molecule has 0 aliphatic rings. The molecule has 0 aliphatic carbocycles. The van der Waals surface area contributed by atoms with Gasteiger partial charge in [0.15, 0.2) is 12.4 Å². The Labute approximate surface area is 154 Å². The lowest BCUT2D eigenvalue weighted by Crippen LogP contribution is -2.33. The average Bonchev–Trinajstić information content (AvgIpc) is 2.71. The molecule has 0 spiro atoms. The maximum atomic E-state index is 12.4. The Morgan fingerprint density at radius 3 is 2.15 bits per heavy atom. The van der Waals surface area contributed by atoms with Crippen LogP contribution in [0.5, 0.6) is 5.75 Å². The molecule has 138 valence electrons. The van der Waals surface area contributed by atoms with E-state index in [4.69, 9.17) is 4.74 Å². The van der Waals surface area contributed by atoms with E-state index < -0.39 is 11.9 Å². The number of amides is 1. The van der Waals surface area contributed by atoms with Gasteiger partial charge in [0.2, 0.25) is 6.08 Å². The van der Waals surface area contributed by atoms with Crippen LogP contribution >= 0.6 is 0 Å². The fourth-order valence-corrected chi connectivity index (χ4v) is 2.05. The number of nitrogens with one attached hydrogen (secondary N) is 1. The second-order valence-electron chi connectivity index (χ2n) is 5.25. The molecule has 0 bridgehead atoms. The van der Waals surface area contributed by atoms with Crippen molar-refractivity contribution in [2.75, 3.05) is 20.3 Å². The molecular weight excluding hydrogens is 352 g/mol. The fourth-order valence-electron chi connectivity index (χ4n) is 2.05. The number of isocyanates is 1. The van der Waals surface area contributed by atoms with E-state index in [1.54, 1.807) is 48.5 Å². The van der Waals surface area contributed by atoms with Gasteiger partial charge in [0.05, 0.1) is 12.8 Å². The number of esters is 1. The number of rotatable bonds is 8. The third kappa shape index (κ3) is 5.91. The van der Waals surface area contributed by atoms with Gasteiger partial charge in [-0.25, -0.2) is 4.79 Å². The molecule has 0 unspecified atom stereocenters. The summed E-state index contributed by atoms with van der Waals surface area (Å²) < 4.78 is 9.70. The SMILES string of the molecule is COC(=O)CNC(=O)COc1ccc(C(=O)c2ccc(N=C=O)cc2)cc1. The number of ketones is 1. The molecule has 8 heteroatoms. The summed E-state index contributed by atoms with van der Waals surface area (Å²) in [6.45, 7) is -0.508. The maximum absolute atomic E-state index is 12.4. The first-order valence-corrected chi connectivity index (χ1v) is 7.82. The Bertz CT molecular complexity index is 868. The summed E-state index contributed by atoms with van der Waals surface area (Å²) in [5, 5.41) is 2.34. The molecule has 0 aliphatic heterocycles. The molecule has 0 atom stereocenters. The molecule has 0 radical (unpaired) electrons. The number of ether oxygens (including phenoxy) is 2. The van der Waals surface area contributed by atoms with Gasteiger partial charge in [-0.3, -0.25) is 14.4 Å². The molecule has 0 fully saturated rings. The molecule has 8 nitrogen and oxygen atoms in total. The van der Waals surface area contributed by atoms with Crippen molar-refractivity contribution in [3.05, 3.63) is 59.7 Å². The summed E-state index contributed by atoms with van der Waals surface area (Å²) in [4.78, 5) is 48.6. The number of hydrogen-bond donors (Lipinski definition) is 1. The topological polar surface area (TPSA) is 111 Å². The van der Waals surface area contributed by atoms with Crippen molar-refractivity contribution >= 4 is 29.4 Å². The normalized spacial score (nSPS) is 9.67. The highest BCUT2D eigenvalue weighted by atomic mass is 16.5. The van der Waals surface area contributed by atoms with E-state index in [0.29, 0.717) is 22.6 Å². The Hall–Kier alpha value is -3.77. The van der Waals surface area contributed by atoms with Crippen LogP contribution in [-0.4, -0.2) is 44.0 Å². The second-order valence-corrected chi connectivity index (χ2v) is 5.25. The largest absolute Gasteiger partial charge is 0.484 e. The van der Waals surface area contributed by atoms with Crippen molar-refractivity contribution in [2.45, 2.75) is 0 Å². The van der Waals surface area contributed by atoms with E-state index in [0.717, 1.165) is 0 Å². The zero-order chi connectivity index (χ0) is 19.6. The van der Waals surface area contributed by atoms with Crippen LogP contribution in [0.4, 0.5) is 5.69 Å². The van der Waals surface area contributed by atoms with Crippen LogP contribution in [0.25, 0.3) is 0 Å². The van der Waals surface area contributed by atoms with E-state index >= 15 is 0 Å². The Balaban J connectivity index is 1.92. The van der Waals surface area contributed by atoms with Crippen LogP contribution < -0.4 is 10.1 Å². The van der Waals surface area contributed by atoms with E-state index in [9.17, 15) is 19.2 Å². The predicted octanol–water partition coefficient (Wildman–Crippen LogP) is 1.55. The minimum atomic E-state index is -0.558. The molecular formula is C19H16N2O6. The molecule has 2 aromatic carbocycles. The highest BCUT2D eigenvalue weighted by molar-refractivity contribution is 6.09. The standard InChI is InChI=1S/C19H16N2O6/c1-26-18(24)10-20-17(23)11-27-16-8-4-14(5-9-16)19(25)13-2-6-15(7-3-13)21-12-22/h2-9H,10-11H2,1H3,(H,20,23). The van der Waals surface area contributed by atoms with Gasteiger partial charge >= 0.3 is 5.97 Å².